The number of piperidine rings is 1. The van der Waals surface area contributed by atoms with Crippen molar-refractivity contribution in [1.29, 1.82) is 0 Å². The highest BCUT2D eigenvalue weighted by molar-refractivity contribution is 5.68. The number of hydrogen-bond acceptors (Lipinski definition) is 3. The number of fused-ring (bicyclic) bond motifs is 1. The summed E-state index contributed by atoms with van der Waals surface area (Å²) < 4.78 is 5.47. The van der Waals surface area contributed by atoms with Gasteiger partial charge in [-0.3, -0.25) is 0 Å². The minimum absolute atomic E-state index is 0.157. The van der Waals surface area contributed by atoms with Gasteiger partial charge in [0.1, 0.15) is 5.60 Å². The Morgan fingerprint density at radius 2 is 2.00 bits per heavy atom. The van der Waals surface area contributed by atoms with Crippen molar-refractivity contribution in [2.75, 3.05) is 19.6 Å². The van der Waals surface area contributed by atoms with Crippen molar-refractivity contribution < 1.29 is 9.53 Å². The van der Waals surface area contributed by atoms with Crippen molar-refractivity contribution in [1.82, 2.24) is 10.2 Å². The Bertz CT molecular complexity index is 299. The van der Waals surface area contributed by atoms with Crippen molar-refractivity contribution in [2.45, 2.75) is 58.1 Å². The Hall–Kier alpha value is -0.770. The fraction of sp³-hybridized carbons (Fsp3) is 0.929. The minimum Gasteiger partial charge on any atom is -0.444 e. The molecule has 0 aromatic heterocycles. The van der Waals surface area contributed by atoms with Gasteiger partial charge in [-0.1, -0.05) is 0 Å². The molecule has 2 saturated heterocycles. The zero-order valence-electron chi connectivity index (χ0n) is 11.9. The molecule has 4 nitrogen and oxygen atoms in total. The standard InChI is InChI=1S/C14H26N2O2/c1-14(2,3)18-13(17)16-9-5-7-11-6-4-8-15-12(11)10-16/h11-12,15H,4-10H2,1-3H3. The Balaban J connectivity index is 1.95. The van der Waals surface area contributed by atoms with Gasteiger partial charge in [0.2, 0.25) is 0 Å². The number of nitrogens with zero attached hydrogens (tertiary/aromatic N) is 1. The largest absolute Gasteiger partial charge is 0.444 e. The second-order valence-electron chi connectivity index (χ2n) is 6.53. The van der Waals surface area contributed by atoms with E-state index < -0.39 is 5.60 Å². The maximum atomic E-state index is 12.1. The van der Waals surface area contributed by atoms with Crippen molar-refractivity contribution in [3.05, 3.63) is 0 Å². The molecule has 2 heterocycles. The molecule has 0 aliphatic carbocycles. The first-order valence-electron chi connectivity index (χ1n) is 7.17. The third kappa shape index (κ3) is 3.61. The first-order valence-corrected chi connectivity index (χ1v) is 7.17. The van der Waals surface area contributed by atoms with Crippen LogP contribution in [-0.2, 0) is 4.74 Å². The van der Waals surface area contributed by atoms with E-state index in [0.717, 1.165) is 32.0 Å². The second-order valence-corrected chi connectivity index (χ2v) is 6.53. The van der Waals surface area contributed by atoms with E-state index in [1.54, 1.807) is 0 Å². The van der Waals surface area contributed by atoms with E-state index in [9.17, 15) is 4.79 Å². The summed E-state index contributed by atoms with van der Waals surface area (Å²) in [4.78, 5) is 14.0. The number of hydrogen-bond donors (Lipinski definition) is 1. The van der Waals surface area contributed by atoms with E-state index in [1.807, 2.05) is 25.7 Å². The van der Waals surface area contributed by atoms with Gasteiger partial charge in [0.25, 0.3) is 0 Å². The van der Waals surface area contributed by atoms with E-state index in [-0.39, 0.29) is 6.09 Å². The van der Waals surface area contributed by atoms with Crippen LogP contribution >= 0.6 is 0 Å². The molecule has 104 valence electrons. The maximum Gasteiger partial charge on any atom is 0.410 e. The van der Waals surface area contributed by atoms with Gasteiger partial charge in [-0.05, 0) is 58.9 Å². The molecule has 1 N–H and O–H groups in total. The van der Waals surface area contributed by atoms with Crippen LogP contribution < -0.4 is 5.32 Å². The fourth-order valence-electron chi connectivity index (χ4n) is 2.94. The summed E-state index contributed by atoms with van der Waals surface area (Å²) in [5, 5.41) is 3.56. The van der Waals surface area contributed by atoms with E-state index in [0.29, 0.717) is 6.04 Å². The van der Waals surface area contributed by atoms with E-state index >= 15 is 0 Å². The van der Waals surface area contributed by atoms with Crippen LogP contribution in [-0.4, -0.2) is 42.3 Å². The lowest BCUT2D eigenvalue weighted by Crippen LogP contribution is -2.49. The van der Waals surface area contributed by atoms with Gasteiger partial charge in [0.15, 0.2) is 0 Å². The third-order valence-electron chi connectivity index (χ3n) is 3.80. The monoisotopic (exact) mass is 254 g/mol. The highest BCUT2D eigenvalue weighted by Gasteiger charge is 2.32. The zero-order valence-corrected chi connectivity index (χ0v) is 11.9. The van der Waals surface area contributed by atoms with Crippen LogP contribution in [0.1, 0.15) is 46.5 Å². The molecule has 4 heteroatoms. The van der Waals surface area contributed by atoms with Gasteiger partial charge in [0.05, 0.1) is 0 Å². The molecule has 2 rings (SSSR count). The van der Waals surface area contributed by atoms with Gasteiger partial charge >= 0.3 is 6.09 Å². The normalized spacial score (nSPS) is 29.4. The summed E-state index contributed by atoms with van der Waals surface area (Å²) in [5.41, 5.74) is -0.400. The molecule has 2 atom stereocenters. The lowest BCUT2D eigenvalue weighted by atomic mass is 9.88. The molecule has 0 aromatic rings. The van der Waals surface area contributed by atoms with Gasteiger partial charge in [-0.25, -0.2) is 4.79 Å². The Kier molecular flexibility index (Phi) is 4.15. The second kappa shape index (κ2) is 5.47. The molecule has 0 radical (unpaired) electrons. The molecule has 18 heavy (non-hydrogen) atoms. The molecule has 0 bridgehead atoms. The van der Waals surface area contributed by atoms with Crippen LogP contribution in [0, 0.1) is 5.92 Å². The molecular formula is C14H26N2O2. The van der Waals surface area contributed by atoms with Crippen LogP contribution in [0.5, 0.6) is 0 Å². The summed E-state index contributed by atoms with van der Waals surface area (Å²) in [5.74, 6) is 0.742. The molecule has 2 fully saturated rings. The average molecular weight is 254 g/mol. The first kappa shape index (κ1) is 13.7. The quantitative estimate of drug-likeness (QED) is 0.721. The van der Waals surface area contributed by atoms with Crippen molar-refractivity contribution in [3.63, 3.8) is 0 Å². The third-order valence-corrected chi connectivity index (χ3v) is 3.80. The number of carbonyl (C=O) groups excluding carboxylic acids is 1. The Morgan fingerprint density at radius 1 is 1.28 bits per heavy atom. The minimum atomic E-state index is -0.400. The summed E-state index contributed by atoms with van der Waals surface area (Å²) in [6, 6.07) is 0.466. The van der Waals surface area contributed by atoms with Crippen molar-refractivity contribution in [2.24, 2.45) is 5.92 Å². The number of amides is 1. The van der Waals surface area contributed by atoms with E-state index in [2.05, 4.69) is 5.32 Å². The van der Waals surface area contributed by atoms with E-state index in [4.69, 9.17) is 4.74 Å². The lowest BCUT2D eigenvalue weighted by molar-refractivity contribution is 0.0235. The molecular weight excluding hydrogens is 228 g/mol. The molecule has 2 unspecified atom stereocenters. The Morgan fingerprint density at radius 3 is 2.72 bits per heavy atom. The molecule has 0 saturated carbocycles. The predicted octanol–water partition coefficient (Wildman–Crippen LogP) is 2.39. The summed E-state index contributed by atoms with van der Waals surface area (Å²) in [7, 11) is 0. The predicted molar refractivity (Wildman–Crippen MR) is 71.6 cm³/mol. The maximum absolute atomic E-state index is 12.1. The van der Waals surface area contributed by atoms with Crippen LogP contribution in [0.15, 0.2) is 0 Å². The number of ether oxygens (including phenoxy) is 1. The summed E-state index contributed by atoms with van der Waals surface area (Å²) in [6.45, 7) is 8.49. The fourth-order valence-corrected chi connectivity index (χ4v) is 2.94. The first-order chi connectivity index (χ1) is 8.46. The van der Waals surface area contributed by atoms with Crippen LogP contribution in [0.25, 0.3) is 0 Å². The molecule has 2 aliphatic rings. The SMILES string of the molecule is CC(C)(C)OC(=O)N1CCCC2CCCNC2C1. The smallest absolute Gasteiger partial charge is 0.410 e. The van der Waals surface area contributed by atoms with Crippen molar-refractivity contribution >= 4 is 6.09 Å². The molecule has 2 aliphatic heterocycles. The zero-order chi connectivity index (χ0) is 13.2. The van der Waals surface area contributed by atoms with Crippen LogP contribution in [0.3, 0.4) is 0 Å². The topological polar surface area (TPSA) is 41.6 Å². The van der Waals surface area contributed by atoms with Gasteiger partial charge < -0.3 is 15.0 Å². The molecule has 1 amide bonds. The summed E-state index contributed by atoms with van der Waals surface area (Å²) in [6.07, 6.45) is 4.75. The van der Waals surface area contributed by atoms with Crippen LogP contribution in [0.4, 0.5) is 4.79 Å². The highest BCUT2D eigenvalue weighted by Crippen LogP contribution is 2.26. The van der Waals surface area contributed by atoms with Gasteiger partial charge in [-0.2, -0.15) is 0 Å². The number of rotatable bonds is 0. The van der Waals surface area contributed by atoms with E-state index in [1.165, 1.54) is 19.3 Å². The molecule has 0 spiro atoms. The Labute approximate surface area is 110 Å². The van der Waals surface area contributed by atoms with Crippen molar-refractivity contribution in [3.8, 4) is 0 Å². The van der Waals surface area contributed by atoms with Crippen LogP contribution in [0.2, 0.25) is 0 Å². The lowest BCUT2D eigenvalue weighted by Gasteiger charge is -2.33. The highest BCUT2D eigenvalue weighted by atomic mass is 16.6. The van der Waals surface area contributed by atoms with Gasteiger partial charge in [0, 0.05) is 19.1 Å². The van der Waals surface area contributed by atoms with Gasteiger partial charge in [-0.15, -0.1) is 0 Å². The number of nitrogens with one attached hydrogen (secondary N) is 1. The summed E-state index contributed by atoms with van der Waals surface area (Å²) >= 11 is 0. The molecule has 0 aromatic carbocycles. The number of carbonyl (C=O) groups is 1. The average Bonchev–Trinajstić information content (AvgIpc) is 2.48. The number of likely N-dealkylation sites (tertiary alicyclic amines) is 1.